The molecule has 4 aromatic rings. The van der Waals surface area contributed by atoms with Crippen LogP contribution in [0, 0.1) is 0 Å². The van der Waals surface area contributed by atoms with Crippen molar-refractivity contribution in [1.82, 2.24) is 9.97 Å². The number of nitrogens with one attached hydrogen (secondary N) is 1. The van der Waals surface area contributed by atoms with Gasteiger partial charge in [0.15, 0.2) is 5.82 Å². The predicted molar refractivity (Wildman–Crippen MR) is 104 cm³/mol. The number of hydrogen-bond acceptors (Lipinski definition) is 7. The SMILES string of the molecule is COc1cc(Nc2ncnc3c2sc2cc(OC)ccc23)cc(OC)c1. The lowest BCUT2D eigenvalue weighted by molar-refractivity contribution is 0.395. The van der Waals surface area contributed by atoms with Gasteiger partial charge in [-0.25, -0.2) is 9.97 Å². The van der Waals surface area contributed by atoms with Crippen molar-refractivity contribution in [1.29, 1.82) is 0 Å². The van der Waals surface area contributed by atoms with E-state index in [1.165, 1.54) is 0 Å². The summed E-state index contributed by atoms with van der Waals surface area (Å²) in [5.74, 6) is 2.98. The molecule has 0 aliphatic rings. The van der Waals surface area contributed by atoms with Gasteiger partial charge in [-0.2, -0.15) is 0 Å². The molecule has 0 amide bonds. The van der Waals surface area contributed by atoms with E-state index in [1.54, 1.807) is 39.0 Å². The van der Waals surface area contributed by atoms with Crippen LogP contribution in [0.4, 0.5) is 11.5 Å². The number of hydrogen-bond donors (Lipinski definition) is 1. The van der Waals surface area contributed by atoms with Crippen molar-refractivity contribution < 1.29 is 14.2 Å². The van der Waals surface area contributed by atoms with E-state index in [9.17, 15) is 0 Å². The molecule has 2 aromatic carbocycles. The third-order valence-electron chi connectivity index (χ3n) is 4.07. The lowest BCUT2D eigenvalue weighted by Gasteiger charge is -2.10. The van der Waals surface area contributed by atoms with Crippen LogP contribution in [0.25, 0.3) is 20.3 Å². The molecule has 0 radical (unpaired) electrons. The first-order valence-corrected chi connectivity index (χ1v) is 8.75. The lowest BCUT2D eigenvalue weighted by atomic mass is 10.2. The molecular weight excluding hydrogens is 350 g/mol. The fraction of sp³-hybridized carbons (Fsp3) is 0.158. The number of nitrogens with zero attached hydrogens (tertiary/aromatic N) is 2. The average molecular weight is 367 g/mol. The lowest BCUT2D eigenvalue weighted by Crippen LogP contribution is -1.96. The Bertz CT molecular complexity index is 1070. The summed E-state index contributed by atoms with van der Waals surface area (Å²) in [7, 11) is 4.92. The first-order valence-electron chi connectivity index (χ1n) is 7.93. The highest BCUT2D eigenvalue weighted by molar-refractivity contribution is 7.26. The molecule has 132 valence electrons. The zero-order chi connectivity index (χ0) is 18.1. The van der Waals surface area contributed by atoms with E-state index in [0.717, 1.165) is 37.6 Å². The van der Waals surface area contributed by atoms with Gasteiger partial charge in [0.1, 0.15) is 23.6 Å². The van der Waals surface area contributed by atoms with E-state index in [-0.39, 0.29) is 0 Å². The van der Waals surface area contributed by atoms with Crippen LogP contribution in [0.1, 0.15) is 0 Å². The van der Waals surface area contributed by atoms with Crippen LogP contribution in [0.3, 0.4) is 0 Å². The van der Waals surface area contributed by atoms with E-state index in [4.69, 9.17) is 14.2 Å². The van der Waals surface area contributed by atoms with Crippen molar-refractivity contribution in [2.75, 3.05) is 26.6 Å². The Kier molecular flexibility index (Phi) is 4.22. The summed E-state index contributed by atoms with van der Waals surface area (Å²) in [6, 6.07) is 11.6. The van der Waals surface area contributed by atoms with E-state index in [1.807, 2.05) is 36.4 Å². The maximum absolute atomic E-state index is 5.33. The molecule has 0 aliphatic carbocycles. The topological polar surface area (TPSA) is 65.5 Å². The van der Waals surface area contributed by atoms with Gasteiger partial charge in [0.05, 0.1) is 31.5 Å². The highest BCUT2D eigenvalue weighted by atomic mass is 32.1. The van der Waals surface area contributed by atoms with Gasteiger partial charge in [0.25, 0.3) is 0 Å². The molecule has 0 saturated carbocycles. The van der Waals surface area contributed by atoms with Gasteiger partial charge in [-0.05, 0) is 18.2 Å². The third kappa shape index (κ3) is 2.86. The van der Waals surface area contributed by atoms with Gasteiger partial charge in [0, 0.05) is 34.0 Å². The Morgan fingerprint density at radius 1 is 0.846 bits per heavy atom. The molecule has 6 nitrogen and oxygen atoms in total. The van der Waals surface area contributed by atoms with Gasteiger partial charge in [0.2, 0.25) is 0 Å². The van der Waals surface area contributed by atoms with Crippen LogP contribution in [-0.2, 0) is 0 Å². The van der Waals surface area contributed by atoms with E-state index in [0.29, 0.717) is 11.5 Å². The minimum atomic E-state index is 0.707. The summed E-state index contributed by atoms with van der Waals surface area (Å²) in [5.41, 5.74) is 1.75. The second-order valence-electron chi connectivity index (χ2n) is 5.59. The quantitative estimate of drug-likeness (QED) is 0.555. The highest BCUT2D eigenvalue weighted by Gasteiger charge is 2.13. The van der Waals surface area contributed by atoms with Crippen LogP contribution in [0.5, 0.6) is 17.2 Å². The smallest absolute Gasteiger partial charge is 0.151 e. The highest BCUT2D eigenvalue weighted by Crippen LogP contribution is 2.38. The molecule has 0 atom stereocenters. The van der Waals surface area contributed by atoms with E-state index < -0.39 is 0 Å². The average Bonchev–Trinajstić information content (AvgIpc) is 3.06. The monoisotopic (exact) mass is 367 g/mol. The van der Waals surface area contributed by atoms with Crippen molar-refractivity contribution in [3.05, 3.63) is 42.7 Å². The van der Waals surface area contributed by atoms with Crippen molar-refractivity contribution in [3.63, 3.8) is 0 Å². The summed E-state index contributed by atoms with van der Waals surface area (Å²) in [4.78, 5) is 8.89. The molecule has 0 bridgehead atoms. The Hall–Kier alpha value is -3.06. The van der Waals surface area contributed by atoms with Crippen LogP contribution >= 0.6 is 11.3 Å². The second kappa shape index (κ2) is 6.68. The number of benzene rings is 2. The zero-order valence-electron chi connectivity index (χ0n) is 14.6. The summed E-state index contributed by atoms with van der Waals surface area (Å²) in [6.07, 6.45) is 1.57. The molecular formula is C19H17N3O3S. The first-order chi connectivity index (χ1) is 12.7. The summed E-state index contributed by atoms with van der Waals surface area (Å²) in [6.45, 7) is 0. The maximum Gasteiger partial charge on any atom is 0.151 e. The summed E-state index contributed by atoms with van der Waals surface area (Å²) in [5, 5.41) is 4.44. The Labute approximate surface area is 154 Å². The number of aromatic nitrogens is 2. The summed E-state index contributed by atoms with van der Waals surface area (Å²) < 4.78 is 18.1. The molecule has 2 heterocycles. The molecule has 0 aliphatic heterocycles. The molecule has 0 unspecified atom stereocenters. The minimum absolute atomic E-state index is 0.707. The molecule has 4 rings (SSSR count). The zero-order valence-corrected chi connectivity index (χ0v) is 15.4. The van der Waals surface area contributed by atoms with Gasteiger partial charge >= 0.3 is 0 Å². The largest absolute Gasteiger partial charge is 0.497 e. The van der Waals surface area contributed by atoms with Crippen LogP contribution in [-0.4, -0.2) is 31.3 Å². The molecule has 0 fully saturated rings. The number of fused-ring (bicyclic) bond motifs is 3. The van der Waals surface area contributed by atoms with Crippen LogP contribution < -0.4 is 19.5 Å². The molecule has 1 N–H and O–H groups in total. The van der Waals surface area contributed by atoms with Gasteiger partial charge in [-0.15, -0.1) is 11.3 Å². The van der Waals surface area contributed by atoms with Gasteiger partial charge in [-0.3, -0.25) is 0 Å². The summed E-state index contributed by atoms with van der Waals surface area (Å²) >= 11 is 1.63. The van der Waals surface area contributed by atoms with Gasteiger partial charge < -0.3 is 19.5 Å². The van der Waals surface area contributed by atoms with Gasteiger partial charge in [-0.1, -0.05) is 0 Å². The maximum atomic E-state index is 5.33. The molecule has 0 spiro atoms. The fourth-order valence-electron chi connectivity index (χ4n) is 2.79. The number of methoxy groups -OCH3 is 3. The number of thiophene rings is 1. The van der Waals surface area contributed by atoms with Crippen molar-refractivity contribution in [3.8, 4) is 17.2 Å². The van der Waals surface area contributed by atoms with Crippen molar-refractivity contribution in [2.45, 2.75) is 0 Å². The fourth-order valence-corrected chi connectivity index (χ4v) is 3.92. The predicted octanol–water partition coefficient (Wildman–Crippen LogP) is 4.61. The Morgan fingerprint density at radius 2 is 1.58 bits per heavy atom. The molecule has 2 aromatic heterocycles. The molecule has 0 saturated heterocycles. The number of rotatable bonds is 5. The third-order valence-corrected chi connectivity index (χ3v) is 5.22. The minimum Gasteiger partial charge on any atom is -0.497 e. The first kappa shape index (κ1) is 16.4. The van der Waals surface area contributed by atoms with E-state index >= 15 is 0 Å². The molecule has 7 heteroatoms. The number of ether oxygens (including phenoxy) is 3. The second-order valence-corrected chi connectivity index (χ2v) is 6.64. The van der Waals surface area contributed by atoms with E-state index in [2.05, 4.69) is 15.3 Å². The Balaban J connectivity index is 1.82. The standard InChI is InChI=1S/C19H17N3O3S/c1-23-12-4-5-15-16(9-12)26-18-17(15)20-10-21-19(18)22-11-6-13(24-2)8-14(7-11)25-3/h4-10H,1-3H3,(H,20,21,22). The Morgan fingerprint density at radius 3 is 2.27 bits per heavy atom. The molecule has 26 heavy (non-hydrogen) atoms. The normalized spacial score (nSPS) is 10.9. The number of anilines is 2. The van der Waals surface area contributed by atoms with Crippen LogP contribution in [0.15, 0.2) is 42.7 Å². The van der Waals surface area contributed by atoms with Crippen LogP contribution in [0.2, 0.25) is 0 Å². The van der Waals surface area contributed by atoms with Crippen molar-refractivity contribution in [2.24, 2.45) is 0 Å². The van der Waals surface area contributed by atoms with Crippen molar-refractivity contribution >= 4 is 43.1 Å².